The highest BCUT2D eigenvalue weighted by Crippen LogP contribution is 2.74. The minimum Gasteiger partial charge on any atom is -0.259 e. The normalized spacial score (nSPS) is 37.4. The Labute approximate surface area is 110 Å². The summed E-state index contributed by atoms with van der Waals surface area (Å²) in [5.74, 6) is 0. The molecule has 3 atom stereocenters. The van der Waals surface area contributed by atoms with Gasteiger partial charge in [-0.25, -0.2) is 4.31 Å². The van der Waals surface area contributed by atoms with Gasteiger partial charge < -0.3 is 0 Å². The van der Waals surface area contributed by atoms with Gasteiger partial charge in [0.1, 0.15) is 0 Å². The van der Waals surface area contributed by atoms with Gasteiger partial charge in [-0.05, 0) is 19.3 Å². The summed E-state index contributed by atoms with van der Waals surface area (Å²) >= 11 is 0. The maximum Gasteiger partial charge on any atom is 0.365 e. The number of hydrogen-bond donors (Lipinski definition) is 0. The summed E-state index contributed by atoms with van der Waals surface area (Å²) in [4.78, 5) is 0. The van der Waals surface area contributed by atoms with Gasteiger partial charge in [-0.3, -0.25) is 13.4 Å². The molecule has 0 aromatic rings. The molecular formula is C9H21O6P3. The van der Waals surface area contributed by atoms with Gasteiger partial charge in [-0.2, -0.15) is 4.67 Å². The fraction of sp³-hybridized carbons (Fsp3) is 1.00. The van der Waals surface area contributed by atoms with Gasteiger partial charge in [0.15, 0.2) is 0 Å². The van der Waals surface area contributed by atoms with Crippen LogP contribution in [0.25, 0.3) is 0 Å². The molecule has 0 saturated carbocycles. The Balaban J connectivity index is 2.87. The van der Waals surface area contributed by atoms with E-state index in [0.29, 0.717) is 19.0 Å². The molecule has 0 aliphatic carbocycles. The van der Waals surface area contributed by atoms with Crippen molar-refractivity contribution in [1.82, 2.24) is 0 Å². The molecule has 6 nitrogen and oxygen atoms in total. The Morgan fingerprint density at radius 1 is 0.944 bits per heavy atom. The molecule has 1 aliphatic rings. The summed E-state index contributed by atoms with van der Waals surface area (Å²) in [5, 5.41) is 0. The first-order valence-corrected chi connectivity index (χ1v) is 11.0. The smallest absolute Gasteiger partial charge is 0.259 e. The van der Waals surface area contributed by atoms with Gasteiger partial charge in [-0.15, -0.1) is 4.67 Å². The highest BCUT2D eigenvalue weighted by atomic mass is 31.3. The van der Waals surface area contributed by atoms with Gasteiger partial charge in [0, 0.05) is 6.16 Å². The predicted molar refractivity (Wildman–Crippen MR) is 71.9 cm³/mol. The van der Waals surface area contributed by atoms with Crippen LogP contribution in [0.2, 0.25) is 0 Å². The minimum atomic E-state index is -3.46. The van der Waals surface area contributed by atoms with E-state index in [4.69, 9.17) is 18.0 Å². The lowest BCUT2D eigenvalue weighted by Crippen LogP contribution is -1.97. The van der Waals surface area contributed by atoms with E-state index in [1.54, 1.807) is 0 Å². The fourth-order valence-corrected chi connectivity index (χ4v) is 8.28. The van der Waals surface area contributed by atoms with Crippen molar-refractivity contribution in [2.45, 2.75) is 40.0 Å². The molecule has 1 rings (SSSR count). The van der Waals surface area contributed by atoms with Crippen molar-refractivity contribution in [3.63, 3.8) is 0 Å². The first-order chi connectivity index (χ1) is 8.47. The molecule has 0 bridgehead atoms. The van der Waals surface area contributed by atoms with E-state index in [9.17, 15) is 9.13 Å². The second kappa shape index (κ2) is 7.50. The van der Waals surface area contributed by atoms with E-state index >= 15 is 0 Å². The minimum absolute atomic E-state index is 0.180. The third-order valence-electron chi connectivity index (χ3n) is 2.10. The molecular weight excluding hydrogens is 297 g/mol. The van der Waals surface area contributed by atoms with Gasteiger partial charge in [-0.1, -0.05) is 20.8 Å². The molecule has 0 aromatic carbocycles. The third-order valence-corrected chi connectivity index (χ3v) is 9.27. The number of rotatable bonds is 6. The van der Waals surface area contributed by atoms with Crippen LogP contribution in [0.1, 0.15) is 40.0 Å². The molecule has 108 valence electrons. The van der Waals surface area contributed by atoms with Gasteiger partial charge >= 0.3 is 15.2 Å². The van der Waals surface area contributed by atoms with E-state index in [2.05, 4.69) is 0 Å². The van der Waals surface area contributed by atoms with Crippen LogP contribution >= 0.6 is 23.6 Å². The van der Waals surface area contributed by atoms with Gasteiger partial charge in [0.05, 0.1) is 12.3 Å². The van der Waals surface area contributed by atoms with Gasteiger partial charge in [0.2, 0.25) is 8.38 Å². The van der Waals surface area contributed by atoms with Crippen LogP contribution in [0.3, 0.4) is 0 Å². The van der Waals surface area contributed by atoms with E-state index in [1.807, 2.05) is 20.8 Å². The zero-order valence-corrected chi connectivity index (χ0v) is 13.7. The lowest BCUT2D eigenvalue weighted by Gasteiger charge is -2.18. The summed E-state index contributed by atoms with van der Waals surface area (Å²) in [5.41, 5.74) is 0. The molecule has 0 aromatic heterocycles. The Kier molecular flexibility index (Phi) is 6.99. The van der Waals surface area contributed by atoms with Crippen LogP contribution in [0.15, 0.2) is 0 Å². The van der Waals surface area contributed by atoms with E-state index < -0.39 is 23.6 Å². The van der Waals surface area contributed by atoms with Crippen molar-refractivity contribution < 1.29 is 27.1 Å². The highest BCUT2D eigenvalue weighted by molar-refractivity contribution is 7.72. The van der Waals surface area contributed by atoms with Crippen molar-refractivity contribution >= 4 is 23.6 Å². The molecule has 1 aliphatic heterocycles. The monoisotopic (exact) mass is 318 g/mol. The Bertz CT molecular complexity index is 347. The molecule has 0 N–H and O–H groups in total. The summed E-state index contributed by atoms with van der Waals surface area (Å²) in [7, 11) is -8.29. The summed E-state index contributed by atoms with van der Waals surface area (Å²) in [6.07, 6.45) is 3.02. The van der Waals surface area contributed by atoms with Crippen LogP contribution < -0.4 is 0 Å². The zero-order chi connectivity index (χ0) is 13.6. The fourth-order valence-electron chi connectivity index (χ4n) is 1.43. The zero-order valence-electron chi connectivity index (χ0n) is 11.0. The quantitative estimate of drug-likeness (QED) is 0.512. The van der Waals surface area contributed by atoms with Crippen molar-refractivity contribution in [3.8, 4) is 0 Å². The van der Waals surface area contributed by atoms with Crippen molar-refractivity contribution in [3.05, 3.63) is 0 Å². The second-order valence-electron chi connectivity index (χ2n) is 4.04. The second-order valence-corrected chi connectivity index (χ2v) is 10.1. The topological polar surface area (TPSA) is 71.1 Å². The van der Waals surface area contributed by atoms with Crippen LogP contribution in [-0.4, -0.2) is 18.5 Å². The van der Waals surface area contributed by atoms with Crippen LogP contribution in [-0.2, 0) is 27.1 Å². The number of hydrogen-bond acceptors (Lipinski definition) is 6. The SMILES string of the molecule is CCCP1OOP(=O)(CCC)OP(=O)(CCC)O1. The standard InChI is InChI=1S/C9H21O6P3/c1-4-7-16-12-13-17(10,8-5-2)15-18(11,14-16)9-6-3/h4-9H2,1-3H3. The van der Waals surface area contributed by atoms with Crippen molar-refractivity contribution in [1.29, 1.82) is 0 Å². The summed E-state index contributed by atoms with van der Waals surface area (Å²) in [6.45, 7) is 5.67. The predicted octanol–water partition coefficient (Wildman–Crippen LogP) is 4.91. The van der Waals surface area contributed by atoms with Gasteiger partial charge in [0.25, 0.3) is 0 Å². The molecule has 3 unspecified atom stereocenters. The summed E-state index contributed by atoms with van der Waals surface area (Å²) in [6, 6.07) is 0. The molecule has 1 saturated heterocycles. The lowest BCUT2D eigenvalue weighted by molar-refractivity contribution is -0.0991. The molecule has 18 heavy (non-hydrogen) atoms. The molecule has 0 radical (unpaired) electrons. The molecule has 0 spiro atoms. The van der Waals surface area contributed by atoms with E-state index in [1.165, 1.54) is 0 Å². The van der Waals surface area contributed by atoms with Crippen molar-refractivity contribution in [2.75, 3.05) is 18.5 Å². The van der Waals surface area contributed by atoms with Crippen LogP contribution in [0.4, 0.5) is 0 Å². The average Bonchev–Trinajstić information content (AvgIpc) is 2.37. The largest absolute Gasteiger partial charge is 0.365 e. The molecule has 9 heteroatoms. The van der Waals surface area contributed by atoms with Crippen molar-refractivity contribution in [2.24, 2.45) is 0 Å². The lowest BCUT2D eigenvalue weighted by atomic mass is 10.6. The Morgan fingerprint density at radius 2 is 1.56 bits per heavy atom. The molecule has 1 heterocycles. The van der Waals surface area contributed by atoms with E-state index in [-0.39, 0.29) is 12.3 Å². The molecule has 1 fully saturated rings. The van der Waals surface area contributed by atoms with Crippen LogP contribution in [0, 0.1) is 0 Å². The highest BCUT2D eigenvalue weighted by Gasteiger charge is 2.43. The maximum absolute atomic E-state index is 12.5. The van der Waals surface area contributed by atoms with Crippen LogP contribution in [0.5, 0.6) is 0 Å². The first kappa shape index (κ1) is 16.8. The van der Waals surface area contributed by atoms with E-state index in [0.717, 1.165) is 6.42 Å². The first-order valence-electron chi connectivity index (χ1n) is 6.20. The molecule has 0 amide bonds. The third kappa shape index (κ3) is 5.02. The summed E-state index contributed by atoms with van der Waals surface area (Å²) < 4.78 is 45.3. The maximum atomic E-state index is 12.5. The average molecular weight is 318 g/mol. The Hall–Kier alpha value is 0.730. The Morgan fingerprint density at radius 3 is 2.11 bits per heavy atom.